The Balaban J connectivity index is 0.964. The molecule has 7 rings (SSSR count). The number of ether oxygens (including phenoxy) is 1. The second-order valence-electron chi connectivity index (χ2n) is 12.9. The molecule has 3 N–H and O–H groups in total. The number of likely N-dealkylation sites (tertiary alicyclic amines) is 1. The summed E-state index contributed by atoms with van der Waals surface area (Å²) in [4.78, 5) is 21.6. The number of aromatic nitrogens is 7. The molecule has 3 aliphatic rings. The quantitative estimate of drug-likeness (QED) is 0.222. The molecule has 12 nitrogen and oxygen atoms in total. The number of rotatable bonds is 11. The second-order valence-corrected chi connectivity index (χ2v) is 12.9. The summed E-state index contributed by atoms with van der Waals surface area (Å²) in [6, 6.07) is 6.02. The molecule has 0 radical (unpaired) electrons. The van der Waals surface area contributed by atoms with Crippen molar-refractivity contribution >= 4 is 11.0 Å². The molecule has 0 aromatic carbocycles. The molecule has 2 aliphatic carbocycles. The van der Waals surface area contributed by atoms with Crippen molar-refractivity contribution in [2.24, 2.45) is 5.41 Å². The van der Waals surface area contributed by atoms with Gasteiger partial charge in [0.2, 0.25) is 11.7 Å². The second kappa shape index (κ2) is 11.9. The minimum absolute atomic E-state index is 0.0527. The summed E-state index contributed by atoms with van der Waals surface area (Å²) in [5.74, 6) is -1.29. The van der Waals surface area contributed by atoms with E-state index in [1.807, 2.05) is 23.1 Å². The molecule has 0 amide bonds. The zero-order chi connectivity index (χ0) is 31.9. The van der Waals surface area contributed by atoms with Gasteiger partial charge in [0.25, 0.3) is 0 Å². The zero-order valence-corrected chi connectivity index (χ0v) is 25.2. The number of aliphatic hydroxyl groups is 1. The molecule has 46 heavy (non-hydrogen) atoms. The van der Waals surface area contributed by atoms with Gasteiger partial charge in [0.1, 0.15) is 23.6 Å². The third-order valence-corrected chi connectivity index (χ3v) is 9.65. The van der Waals surface area contributed by atoms with Gasteiger partial charge in [-0.25, -0.2) is 15.0 Å². The Morgan fingerprint density at radius 3 is 2.67 bits per heavy atom. The molecule has 3 fully saturated rings. The molecule has 0 unspecified atom stereocenters. The van der Waals surface area contributed by atoms with Gasteiger partial charge in [-0.05, 0) is 44.6 Å². The Morgan fingerprint density at radius 1 is 1.15 bits per heavy atom. The molecular weight excluding hydrogens is 601 g/mol. The standard InChI is InChI=1S/C31H35F3N10O2/c32-31(33,34)28-41-21(13-36-15-29(18-45)6-7-29)11-25(42-28)46-23-3-1-22(2-4-23)43-16-30(17-43,8-9-35)44-14-20(12-40-44)26-24-5-10-37-27(24)39-19-38-26/h5,10-12,14,19,22-23,36,45H,1-4,6-8,13,15-18H2,(H,37,38,39). The van der Waals surface area contributed by atoms with E-state index in [2.05, 4.69) is 46.3 Å². The number of nitrogens with zero attached hydrogens (tertiary/aromatic N) is 8. The molecule has 4 aromatic heterocycles. The summed E-state index contributed by atoms with van der Waals surface area (Å²) in [7, 11) is 0. The van der Waals surface area contributed by atoms with Crippen molar-refractivity contribution in [3.63, 3.8) is 0 Å². The summed E-state index contributed by atoms with van der Waals surface area (Å²) in [6.07, 6.45) is 7.21. The lowest BCUT2D eigenvalue weighted by atomic mass is 9.82. The normalized spacial score (nSPS) is 22.3. The molecule has 5 heterocycles. The highest BCUT2D eigenvalue weighted by molar-refractivity contribution is 5.90. The molecule has 0 spiro atoms. The average Bonchev–Trinajstić information content (AvgIpc) is 3.38. The number of nitriles is 1. The largest absolute Gasteiger partial charge is 0.474 e. The van der Waals surface area contributed by atoms with E-state index < -0.39 is 17.5 Å². The summed E-state index contributed by atoms with van der Waals surface area (Å²) >= 11 is 0. The molecule has 0 bridgehead atoms. The van der Waals surface area contributed by atoms with Crippen molar-refractivity contribution in [2.45, 2.75) is 75.4 Å². The Labute approximate surface area is 263 Å². The molecular formula is C31H35F3N10O2. The first kappa shape index (κ1) is 30.5. The van der Waals surface area contributed by atoms with Crippen molar-refractivity contribution < 1.29 is 23.0 Å². The van der Waals surface area contributed by atoms with Crippen LogP contribution in [0.4, 0.5) is 13.2 Å². The van der Waals surface area contributed by atoms with Gasteiger partial charge in [0, 0.05) is 73.7 Å². The maximum absolute atomic E-state index is 13.6. The van der Waals surface area contributed by atoms with E-state index >= 15 is 0 Å². The zero-order valence-electron chi connectivity index (χ0n) is 25.2. The van der Waals surface area contributed by atoms with Crippen LogP contribution in [-0.4, -0.2) is 83.1 Å². The van der Waals surface area contributed by atoms with Crippen LogP contribution in [0.1, 0.15) is 56.5 Å². The van der Waals surface area contributed by atoms with Crippen LogP contribution < -0.4 is 10.1 Å². The minimum Gasteiger partial charge on any atom is -0.474 e. The van der Waals surface area contributed by atoms with Crippen LogP contribution >= 0.6 is 0 Å². The van der Waals surface area contributed by atoms with Gasteiger partial charge in [-0.3, -0.25) is 9.58 Å². The maximum Gasteiger partial charge on any atom is 0.451 e. The SMILES string of the molecule is N#CCC1(n2cc(-c3ncnc4[nH]ccc34)cn2)CN(C2CCC(Oc3cc(CNCC4(CO)CC4)nc(C(F)(F)F)n3)CC2)C1. The lowest BCUT2D eigenvalue weighted by Crippen LogP contribution is -2.65. The van der Waals surface area contributed by atoms with E-state index in [1.54, 1.807) is 6.20 Å². The number of H-pyrrole nitrogens is 1. The number of aliphatic hydroxyl groups excluding tert-OH is 1. The average molecular weight is 637 g/mol. The molecule has 242 valence electrons. The van der Waals surface area contributed by atoms with Crippen molar-refractivity contribution in [3.05, 3.63) is 48.6 Å². The smallest absolute Gasteiger partial charge is 0.451 e. The first-order chi connectivity index (χ1) is 22.2. The summed E-state index contributed by atoms with van der Waals surface area (Å²) in [5, 5.41) is 27.9. The number of alkyl halides is 3. The summed E-state index contributed by atoms with van der Waals surface area (Å²) in [5.41, 5.74) is 1.97. The molecule has 0 atom stereocenters. The number of nitrogens with one attached hydrogen (secondary N) is 2. The lowest BCUT2D eigenvalue weighted by Gasteiger charge is -2.53. The highest BCUT2D eigenvalue weighted by Crippen LogP contribution is 2.44. The van der Waals surface area contributed by atoms with E-state index in [9.17, 15) is 23.5 Å². The number of hydrogen-bond donors (Lipinski definition) is 3. The Bertz CT molecular complexity index is 1730. The van der Waals surface area contributed by atoms with Crippen LogP contribution in [0.3, 0.4) is 0 Å². The fourth-order valence-electron chi connectivity index (χ4n) is 6.73. The van der Waals surface area contributed by atoms with Gasteiger partial charge >= 0.3 is 6.18 Å². The predicted octanol–water partition coefficient (Wildman–Crippen LogP) is 3.81. The Kier molecular flexibility index (Phi) is 7.90. The van der Waals surface area contributed by atoms with Crippen LogP contribution in [0, 0.1) is 16.7 Å². The number of aromatic amines is 1. The van der Waals surface area contributed by atoms with Crippen molar-refractivity contribution in [3.8, 4) is 23.2 Å². The third kappa shape index (κ3) is 6.04. The molecule has 1 saturated heterocycles. The maximum atomic E-state index is 13.6. The third-order valence-electron chi connectivity index (χ3n) is 9.65. The molecule has 1 aliphatic heterocycles. The Hall–Kier alpha value is -4.13. The van der Waals surface area contributed by atoms with Gasteiger partial charge in [-0.15, -0.1) is 0 Å². The monoisotopic (exact) mass is 636 g/mol. The molecule has 2 saturated carbocycles. The van der Waals surface area contributed by atoms with Crippen LogP contribution in [0.15, 0.2) is 37.1 Å². The fourth-order valence-corrected chi connectivity index (χ4v) is 6.73. The summed E-state index contributed by atoms with van der Waals surface area (Å²) in [6.45, 7) is 2.05. The first-order valence-electron chi connectivity index (χ1n) is 15.6. The van der Waals surface area contributed by atoms with E-state index in [-0.39, 0.29) is 42.3 Å². The van der Waals surface area contributed by atoms with E-state index in [4.69, 9.17) is 4.74 Å². The van der Waals surface area contributed by atoms with E-state index in [0.29, 0.717) is 38.9 Å². The number of halogens is 3. The fraction of sp³-hybridized carbons (Fsp3) is 0.548. The first-order valence-corrected chi connectivity index (χ1v) is 15.6. The van der Waals surface area contributed by atoms with Crippen molar-refractivity contribution in [1.82, 2.24) is 44.9 Å². The van der Waals surface area contributed by atoms with Gasteiger partial charge < -0.3 is 20.1 Å². The lowest BCUT2D eigenvalue weighted by molar-refractivity contribution is -0.145. The highest BCUT2D eigenvalue weighted by atomic mass is 19.4. The topological polar surface area (TPSA) is 154 Å². The van der Waals surface area contributed by atoms with Crippen LogP contribution in [0.25, 0.3) is 22.3 Å². The summed E-state index contributed by atoms with van der Waals surface area (Å²) < 4.78 is 48.7. The molecule has 15 heteroatoms. The van der Waals surface area contributed by atoms with Crippen molar-refractivity contribution in [1.29, 1.82) is 5.26 Å². The highest BCUT2D eigenvalue weighted by Gasteiger charge is 2.48. The Morgan fingerprint density at radius 2 is 1.96 bits per heavy atom. The van der Waals surface area contributed by atoms with Gasteiger partial charge in [-0.1, -0.05) is 0 Å². The van der Waals surface area contributed by atoms with Crippen molar-refractivity contribution in [2.75, 3.05) is 26.2 Å². The van der Waals surface area contributed by atoms with E-state index in [1.165, 1.54) is 12.4 Å². The van der Waals surface area contributed by atoms with Gasteiger partial charge in [-0.2, -0.15) is 28.5 Å². The van der Waals surface area contributed by atoms with Crippen LogP contribution in [-0.2, 0) is 18.3 Å². The van der Waals surface area contributed by atoms with Crippen LogP contribution in [0.5, 0.6) is 5.88 Å². The minimum atomic E-state index is -4.69. The number of hydrogen-bond acceptors (Lipinski definition) is 10. The van der Waals surface area contributed by atoms with Gasteiger partial charge in [0.15, 0.2) is 0 Å². The number of fused-ring (bicyclic) bond motifs is 1. The van der Waals surface area contributed by atoms with E-state index in [0.717, 1.165) is 48.0 Å². The predicted molar refractivity (Wildman–Crippen MR) is 159 cm³/mol. The van der Waals surface area contributed by atoms with Gasteiger partial charge in [0.05, 0.1) is 30.1 Å². The molecule has 4 aromatic rings. The van der Waals surface area contributed by atoms with Crippen LogP contribution in [0.2, 0.25) is 0 Å².